The van der Waals surface area contributed by atoms with Crippen molar-refractivity contribution in [3.8, 4) is 16.2 Å². The number of aromatic nitrogens is 3. The quantitative estimate of drug-likeness (QED) is 0.0421. The maximum atomic E-state index is 14.1. The molecule has 0 radical (unpaired) electrons. The summed E-state index contributed by atoms with van der Waals surface area (Å²) in [6, 6.07) is 21.8. The van der Waals surface area contributed by atoms with Gasteiger partial charge in [0.15, 0.2) is 0 Å². The third-order valence-electron chi connectivity index (χ3n) is 14.4. The Morgan fingerprint density at radius 1 is 0.945 bits per heavy atom. The standard InChI is InChI=1S/C57H75ClN7O6PS/c1-38-54(73-37-62-38)40-20-18-39(19-21-40)34-61-55(68)50-33-46(67)36-65(50)56(69)47(57(2,3)4)32-45(66)16-11-9-8-10-14-26-59-43-24-27-64(28-25-43)44-23-22-41(51(31-44)71-5)30-53-60-35-48(58)49(63-53)29-42-15-12-13-17-52(42)72(6,7)70/h12-13,15,17-23,31,35,37,43,46-47,50,59,67H,8-11,14,16,24-30,32-34,36H2,1-7H3,(H,61,68)/t46-,47-,50+/m1/s1. The average molecular weight is 1050 g/mol. The number of aliphatic hydroxyl groups is 1. The highest BCUT2D eigenvalue weighted by Gasteiger charge is 2.44. The van der Waals surface area contributed by atoms with E-state index in [0.717, 1.165) is 114 Å². The maximum Gasteiger partial charge on any atom is 0.243 e. The van der Waals surface area contributed by atoms with E-state index >= 15 is 0 Å². The van der Waals surface area contributed by atoms with E-state index in [1.165, 1.54) is 4.90 Å². The van der Waals surface area contributed by atoms with Crippen molar-refractivity contribution >= 4 is 58.7 Å². The van der Waals surface area contributed by atoms with E-state index in [1.807, 2.05) is 81.7 Å². The number of unbranched alkanes of at least 4 members (excludes halogenated alkanes) is 4. The van der Waals surface area contributed by atoms with Crippen molar-refractivity contribution < 1.29 is 28.8 Å². The van der Waals surface area contributed by atoms with Gasteiger partial charge in [-0.25, -0.2) is 15.0 Å². The van der Waals surface area contributed by atoms with Gasteiger partial charge < -0.3 is 34.8 Å². The molecule has 3 aromatic carbocycles. The largest absolute Gasteiger partial charge is 0.496 e. The summed E-state index contributed by atoms with van der Waals surface area (Å²) in [7, 11) is -0.784. The molecule has 2 amide bonds. The minimum atomic E-state index is -2.48. The van der Waals surface area contributed by atoms with Crippen LogP contribution in [0.4, 0.5) is 5.69 Å². The van der Waals surface area contributed by atoms with Gasteiger partial charge in [-0.1, -0.05) is 106 Å². The number of Topliss-reactive ketones (excluding diaryl/α,β-unsaturated/α-hetero) is 1. The molecule has 0 saturated carbocycles. The molecule has 2 fully saturated rings. The second-order valence-electron chi connectivity index (χ2n) is 21.4. The van der Waals surface area contributed by atoms with Crippen molar-refractivity contribution in [2.75, 3.05) is 51.5 Å². The number of amides is 2. The van der Waals surface area contributed by atoms with E-state index < -0.39 is 30.6 Å². The molecule has 0 unspecified atom stereocenters. The number of piperidine rings is 1. The van der Waals surface area contributed by atoms with Gasteiger partial charge in [0.25, 0.3) is 0 Å². The van der Waals surface area contributed by atoms with Crippen LogP contribution < -0.4 is 25.6 Å². The predicted molar refractivity (Wildman–Crippen MR) is 295 cm³/mol. The van der Waals surface area contributed by atoms with Gasteiger partial charge in [-0.2, -0.15) is 0 Å². The van der Waals surface area contributed by atoms with Gasteiger partial charge in [-0.3, -0.25) is 14.4 Å². The van der Waals surface area contributed by atoms with Gasteiger partial charge in [0, 0.05) is 99.1 Å². The summed E-state index contributed by atoms with van der Waals surface area (Å²) in [4.78, 5) is 59.8. The summed E-state index contributed by atoms with van der Waals surface area (Å²) >= 11 is 8.17. The third-order valence-corrected chi connectivity index (χ3v) is 17.3. The maximum absolute atomic E-state index is 14.1. The molecule has 2 aliphatic rings. The fraction of sp³-hybridized carbons (Fsp3) is 0.509. The van der Waals surface area contributed by atoms with E-state index in [-0.39, 0.29) is 37.0 Å². The van der Waals surface area contributed by atoms with E-state index in [9.17, 15) is 24.1 Å². The molecule has 0 aliphatic carbocycles. The number of ketones is 1. The molecule has 2 aromatic heterocycles. The highest BCUT2D eigenvalue weighted by Crippen LogP contribution is 2.38. The molecule has 392 valence electrons. The molecule has 2 aliphatic heterocycles. The monoisotopic (exact) mass is 1050 g/mol. The number of carbonyl (C=O) groups excluding carboxylic acids is 3. The summed E-state index contributed by atoms with van der Waals surface area (Å²) in [5.74, 6) is 0.371. The first-order chi connectivity index (χ1) is 34.9. The Morgan fingerprint density at radius 3 is 2.37 bits per heavy atom. The van der Waals surface area contributed by atoms with Gasteiger partial charge in [0.1, 0.15) is 30.5 Å². The van der Waals surface area contributed by atoms with Gasteiger partial charge in [-0.05, 0) is 80.7 Å². The number of aliphatic hydroxyl groups excluding tert-OH is 1. The molecule has 73 heavy (non-hydrogen) atoms. The Bertz CT molecular complexity index is 2710. The summed E-state index contributed by atoms with van der Waals surface area (Å²) in [6.07, 6.45) is 9.60. The average Bonchev–Trinajstić information content (AvgIpc) is 3.99. The summed E-state index contributed by atoms with van der Waals surface area (Å²) in [5, 5.41) is 18.7. The molecule has 5 aromatic rings. The highest BCUT2D eigenvalue weighted by molar-refractivity contribution is 7.70. The minimum absolute atomic E-state index is 0.0664. The number of anilines is 1. The molecule has 3 atom stereocenters. The van der Waals surface area contributed by atoms with Crippen molar-refractivity contribution in [2.45, 2.75) is 129 Å². The molecule has 0 bridgehead atoms. The summed E-state index contributed by atoms with van der Waals surface area (Å²) < 4.78 is 18.9. The number of ether oxygens (including phenoxy) is 1. The summed E-state index contributed by atoms with van der Waals surface area (Å²) in [5.41, 5.74) is 8.11. The lowest BCUT2D eigenvalue weighted by molar-refractivity contribution is -0.146. The smallest absolute Gasteiger partial charge is 0.243 e. The lowest BCUT2D eigenvalue weighted by Gasteiger charge is -2.34. The van der Waals surface area contributed by atoms with Gasteiger partial charge in [0.05, 0.1) is 40.0 Å². The fourth-order valence-corrected chi connectivity index (χ4v) is 12.4. The van der Waals surface area contributed by atoms with E-state index in [2.05, 4.69) is 43.7 Å². The van der Waals surface area contributed by atoms with Gasteiger partial charge >= 0.3 is 0 Å². The number of nitrogens with one attached hydrogen (secondary N) is 2. The highest BCUT2D eigenvalue weighted by atomic mass is 35.5. The lowest BCUT2D eigenvalue weighted by Crippen LogP contribution is -2.50. The van der Waals surface area contributed by atoms with Crippen LogP contribution >= 0.6 is 30.1 Å². The van der Waals surface area contributed by atoms with Crippen molar-refractivity contribution in [1.82, 2.24) is 30.5 Å². The number of hydrogen-bond donors (Lipinski definition) is 3. The molecular weight excluding hydrogens is 977 g/mol. The zero-order valence-electron chi connectivity index (χ0n) is 43.8. The first-order valence-corrected chi connectivity index (χ1v) is 29.8. The number of methoxy groups -OCH3 is 1. The van der Waals surface area contributed by atoms with Crippen molar-refractivity contribution in [3.05, 3.63) is 117 Å². The molecule has 4 heterocycles. The van der Waals surface area contributed by atoms with E-state index in [1.54, 1.807) is 38.0 Å². The second kappa shape index (κ2) is 25.5. The van der Waals surface area contributed by atoms with Crippen LogP contribution in [0.15, 0.2) is 78.4 Å². The molecule has 13 nitrogen and oxygen atoms in total. The van der Waals surface area contributed by atoms with Crippen LogP contribution in [-0.2, 0) is 38.3 Å². The second-order valence-corrected chi connectivity index (χ2v) is 25.8. The van der Waals surface area contributed by atoms with Gasteiger partial charge in [-0.15, -0.1) is 11.3 Å². The van der Waals surface area contributed by atoms with E-state index in [0.29, 0.717) is 48.4 Å². The Labute approximate surface area is 441 Å². The normalized spacial score (nSPS) is 16.9. The van der Waals surface area contributed by atoms with Gasteiger partial charge in [0.2, 0.25) is 11.8 Å². The summed E-state index contributed by atoms with van der Waals surface area (Å²) in [6.45, 7) is 14.7. The molecule has 16 heteroatoms. The first kappa shape index (κ1) is 55.8. The Kier molecular flexibility index (Phi) is 19.5. The predicted octanol–water partition coefficient (Wildman–Crippen LogP) is 9.80. The molecular formula is C57H75ClN7O6PS. The van der Waals surface area contributed by atoms with Crippen LogP contribution in [0.3, 0.4) is 0 Å². The molecule has 2 saturated heterocycles. The van der Waals surface area contributed by atoms with Crippen LogP contribution in [0.1, 0.15) is 119 Å². The zero-order chi connectivity index (χ0) is 52.3. The van der Waals surface area contributed by atoms with Crippen molar-refractivity contribution in [3.63, 3.8) is 0 Å². The number of carbonyl (C=O) groups is 3. The number of thiazole rings is 1. The van der Waals surface area contributed by atoms with Crippen LogP contribution in [0.2, 0.25) is 5.02 Å². The first-order valence-electron chi connectivity index (χ1n) is 25.9. The lowest BCUT2D eigenvalue weighted by atomic mass is 9.76. The Morgan fingerprint density at radius 2 is 1.67 bits per heavy atom. The third kappa shape index (κ3) is 15.3. The van der Waals surface area contributed by atoms with Crippen LogP contribution in [0.5, 0.6) is 5.75 Å². The zero-order valence-corrected chi connectivity index (χ0v) is 46.3. The fourth-order valence-electron chi connectivity index (χ4n) is 10.2. The number of hydrogen-bond acceptors (Lipinski definition) is 12. The molecule has 0 spiro atoms. The number of β-amino-alcohol motifs (C(OH)–C–C–N with tert-alkyl or cyclic N) is 1. The van der Waals surface area contributed by atoms with Crippen molar-refractivity contribution in [2.24, 2.45) is 11.3 Å². The van der Waals surface area contributed by atoms with Crippen molar-refractivity contribution in [1.29, 1.82) is 0 Å². The SMILES string of the molecule is COc1cc(N2CCC(NCCCCCCCC(=O)C[C@H](C(=O)N3C[C@H](O)C[C@H]3C(=O)NCc3ccc(-c4scnc4C)cc3)C(C)(C)C)CC2)ccc1Cc1ncc(Cl)c(Cc2ccccc2P(C)(C)=O)n1. The minimum Gasteiger partial charge on any atom is -0.496 e. The molecule has 7 rings (SSSR count). The number of nitrogens with zero attached hydrogens (tertiary/aromatic N) is 5. The molecule has 3 N–H and O–H groups in total. The number of rotatable bonds is 23. The van der Waals surface area contributed by atoms with Crippen LogP contribution in [0, 0.1) is 18.3 Å². The van der Waals surface area contributed by atoms with E-state index in [4.69, 9.17) is 21.3 Å². The number of likely N-dealkylation sites (tertiary alicyclic amines) is 1. The van der Waals surface area contributed by atoms with Crippen LogP contribution in [0.25, 0.3) is 10.4 Å². The topological polar surface area (TPSA) is 167 Å². The number of aryl methyl sites for hydroxylation is 1. The Hall–Kier alpha value is -4.98. The van der Waals surface area contributed by atoms with Crippen LogP contribution in [-0.4, -0.2) is 107 Å². The Balaban J connectivity index is 0.787. The number of halogens is 1. The number of benzene rings is 3.